The maximum absolute atomic E-state index is 12.9. The predicted molar refractivity (Wildman–Crippen MR) is 111 cm³/mol. The highest BCUT2D eigenvalue weighted by Crippen LogP contribution is 2.19. The van der Waals surface area contributed by atoms with Crippen molar-refractivity contribution >= 4 is 49.9 Å². The molecule has 0 saturated carbocycles. The molecule has 0 atom stereocenters. The van der Waals surface area contributed by atoms with Crippen LogP contribution in [-0.2, 0) is 10.0 Å². The van der Waals surface area contributed by atoms with Crippen LogP contribution < -0.4 is 10.0 Å². The fraction of sp³-hybridized carbons (Fsp3) is 0. The lowest BCUT2D eigenvalue weighted by Gasteiger charge is -2.10. The highest BCUT2D eigenvalue weighted by molar-refractivity contribution is 14.1. The van der Waals surface area contributed by atoms with Gasteiger partial charge in [-0.1, -0.05) is 6.07 Å². The van der Waals surface area contributed by atoms with E-state index in [9.17, 15) is 17.6 Å². The van der Waals surface area contributed by atoms with E-state index in [2.05, 4.69) is 32.6 Å². The molecule has 0 unspecified atom stereocenters. The number of anilines is 2. The highest BCUT2D eigenvalue weighted by atomic mass is 127. The molecule has 5 nitrogen and oxygen atoms in total. The normalized spacial score (nSPS) is 11.0. The number of sulfonamides is 1. The molecule has 2 N–H and O–H groups in total. The molecule has 1 amide bonds. The Bertz CT molecular complexity index is 1070. The first kappa shape index (κ1) is 19.3. The lowest BCUT2D eigenvalue weighted by molar-refractivity contribution is 0.102. The van der Waals surface area contributed by atoms with Crippen molar-refractivity contribution in [1.29, 1.82) is 0 Å². The Hall–Kier alpha value is -2.46. The average Bonchev–Trinajstić information content (AvgIpc) is 2.64. The maximum atomic E-state index is 12.9. The summed E-state index contributed by atoms with van der Waals surface area (Å²) in [5, 5.41) is 2.72. The van der Waals surface area contributed by atoms with E-state index in [0.717, 1.165) is 3.57 Å². The van der Waals surface area contributed by atoms with Crippen LogP contribution in [0.2, 0.25) is 0 Å². The molecule has 3 aromatic carbocycles. The zero-order chi connectivity index (χ0) is 19.4. The molecule has 8 heteroatoms. The molecule has 0 fully saturated rings. The quantitative estimate of drug-likeness (QED) is 0.512. The van der Waals surface area contributed by atoms with Crippen LogP contribution in [0.4, 0.5) is 15.8 Å². The Morgan fingerprint density at radius 3 is 2.15 bits per heavy atom. The molecular formula is C19H14FIN2O3S. The molecule has 0 heterocycles. The van der Waals surface area contributed by atoms with Crippen LogP contribution in [0.15, 0.2) is 77.7 Å². The van der Waals surface area contributed by atoms with Gasteiger partial charge >= 0.3 is 0 Å². The summed E-state index contributed by atoms with van der Waals surface area (Å²) < 4.78 is 41.0. The van der Waals surface area contributed by atoms with E-state index in [4.69, 9.17) is 0 Å². The minimum Gasteiger partial charge on any atom is -0.322 e. The first-order valence-electron chi connectivity index (χ1n) is 7.79. The molecule has 27 heavy (non-hydrogen) atoms. The van der Waals surface area contributed by atoms with Crippen molar-refractivity contribution < 1.29 is 17.6 Å². The van der Waals surface area contributed by atoms with Crippen molar-refractivity contribution in [3.05, 3.63) is 87.7 Å². The second-order valence-electron chi connectivity index (χ2n) is 5.60. The topological polar surface area (TPSA) is 75.3 Å². The summed E-state index contributed by atoms with van der Waals surface area (Å²) in [4.78, 5) is 12.3. The van der Waals surface area contributed by atoms with Crippen molar-refractivity contribution in [3.8, 4) is 0 Å². The van der Waals surface area contributed by atoms with Gasteiger partial charge in [-0.05, 0) is 89.3 Å². The largest absolute Gasteiger partial charge is 0.322 e. The maximum Gasteiger partial charge on any atom is 0.261 e. The SMILES string of the molecule is O=C(Nc1ccc(S(=O)(=O)Nc2ccc(F)cc2)cc1)c1cccc(I)c1. The van der Waals surface area contributed by atoms with Gasteiger partial charge in [-0.25, -0.2) is 12.8 Å². The van der Waals surface area contributed by atoms with Gasteiger partial charge in [-0.15, -0.1) is 0 Å². The van der Waals surface area contributed by atoms with E-state index < -0.39 is 15.8 Å². The number of hydrogen-bond acceptors (Lipinski definition) is 3. The molecule has 0 radical (unpaired) electrons. The van der Waals surface area contributed by atoms with Gasteiger partial charge in [0.2, 0.25) is 0 Å². The van der Waals surface area contributed by atoms with Crippen LogP contribution in [-0.4, -0.2) is 14.3 Å². The highest BCUT2D eigenvalue weighted by Gasteiger charge is 2.14. The summed E-state index contributed by atoms with van der Waals surface area (Å²) in [6.45, 7) is 0. The van der Waals surface area contributed by atoms with Crippen molar-refractivity contribution in [3.63, 3.8) is 0 Å². The lowest BCUT2D eigenvalue weighted by atomic mass is 10.2. The van der Waals surface area contributed by atoms with Gasteiger partial charge in [0.05, 0.1) is 4.90 Å². The van der Waals surface area contributed by atoms with Gasteiger partial charge in [-0.2, -0.15) is 0 Å². The molecule has 0 aromatic heterocycles. The fourth-order valence-corrected chi connectivity index (χ4v) is 3.88. The van der Waals surface area contributed by atoms with Crippen LogP contribution in [0.3, 0.4) is 0 Å². The molecule has 0 spiro atoms. The van der Waals surface area contributed by atoms with E-state index in [-0.39, 0.29) is 16.5 Å². The predicted octanol–water partition coefficient (Wildman–Crippen LogP) is 4.48. The van der Waals surface area contributed by atoms with Gasteiger partial charge in [-0.3, -0.25) is 9.52 Å². The summed E-state index contributed by atoms with van der Waals surface area (Å²) in [5.41, 5.74) is 1.24. The Kier molecular flexibility index (Phi) is 5.76. The second kappa shape index (κ2) is 8.05. The summed E-state index contributed by atoms with van der Waals surface area (Å²) >= 11 is 2.12. The molecule has 0 aliphatic carbocycles. The van der Waals surface area contributed by atoms with E-state index in [1.54, 1.807) is 18.2 Å². The number of rotatable bonds is 5. The van der Waals surface area contributed by atoms with E-state index in [0.29, 0.717) is 11.3 Å². The van der Waals surface area contributed by atoms with Crippen LogP contribution in [0.1, 0.15) is 10.4 Å². The Labute approximate surface area is 169 Å². The standard InChI is InChI=1S/C19H14FIN2O3S/c20-14-4-6-17(7-5-14)23-27(25,26)18-10-8-16(9-11-18)22-19(24)13-2-1-3-15(21)12-13/h1-12,23H,(H,22,24). The minimum absolute atomic E-state index is 0.0269. The number of halogens is 2. The smallest absolute Gasteiger partial charge is 0.261 e. The third-order valence-electron chi connectivity index (χ3n) is 3.61. The van der Waals surface area contributed by atoms with Crippen molar-refractivity contribution in [2.75, 3.05) is 10.0 Å². The summed E-state index contributed by atoms with van der Waals surface area (Å²) in [5.74, 6) is -0.736. The first-order chi connectivity index (χ1) is 12.8. The number of carbonyl (C=O) groups excluding carboxylic acids is 1. The molecule has 3 aromatic rings. The number of nitrogens with one attached hydrogen (secondary N) is 2. The Balaban J connectivity index is 1.72. The number of amides is 1. The Morgan fingerprint density at radius 1 is 0.889 bits per heavy atom. The number of benzene rings is 3. The van der Waals surface area contributed by atoms with Gasteiger partial charge in [0.25, 0.3) is 15.9 Å². The monoisotopic (exact) mass is 496 g/mol. The molecule has 0 bridgehead atoms. The minimum atomic E-state index is -3.82. The third-order valence-corrected chi connectivity index (χ3v) is 5.67. The molecule has 0 saturated heterocycles. The van der Waals surface area contributed by atoms with Gasteiger partial charge in [0.1, 0.15) is 5.82 Å². The van der Waals surface area contributed by atoms with Gasteiger partial charge in [0, 0.05) is 20.5 Å². The zero-order valence-electron chi connectivity index (χ0n) is 13.8. The third kappa shape index (κ3) is 5.04. The van der Waals surface area contributed by atoms with Gasteiger partial charge in [0.15, 0.2) is 0 Å². The molecule has 3 rings (SSSR count). The zero-order valence-corrected chi connectivity index (χ0v) is 16.8. The van der Waals surface area contributed by atoms with Crippen LogP contribution in [0, 0.1) is 9.39 Å². The van der Waals surface area contributed by atoms with Gasteiger partial charge < -0.3 is 5.32 Å². The lowest BCUT2D eigenvalue weighted by Crippen LogP contribution is -2.14. The summed E-state index contributed by atoms with van der Waals surface area (Å²) in [7, 11) is -3.82. The molecule has 0 aliphatic heterocycles. The number of hydrogen-bond donors (Lipinski definition) is 2. The van der Waals surface area contributed by atoms with Crippen molar-refractivity contribution in [2.24, 2.45) is 0 Å². The fourth-order valence-electron chi connectivity index (χ4n) is 2.28. The summed E-state index contributed by atoms with van der Waals surface area (Å²) in [6, 6.07) is 17.9. The molecular weight excluding hydrogens is 482 g/mol. The average molecular weight is 496 g/mol. The van der Waals surface area contributed by atoms with E-state index in [1.807, 2.05) is 6.07 Å². The van der Waals surface area contributed by atoms with Crippen molar-refractivity contribution in [1.82, 2.24) is 0 Å². The van der Waals surface area contributed by atoms with Crippen molar-refractivity contribution in [2.45, 2.75) is 4.90 Å². The molecule has 0 aliphatic rings. The first-order valence-corrected chi connectivity index (χ1v) is 10.3. The number of carbonyl (C=O) groups is 1. The van der Waals surface area contributed by atoms with E-state index >= 15 is 0 Å². The Morgan fingerprint density at radius 2 is 1.52 bits per heavy atom. The second-order valence-corrected chi connectivity index (χ2v) is 8.53. The summed E-state index contributed by atoms with van der Waals surface area (Å²) in [6.07, 6.45) is 0. The van der Waals surface area contributed by atoms with Crippen LogP contribution >= 0.6 is 22.6 Å². The van der Waals surface area contributed by atoms with E-state index in [1.165, 1.54) is 48.5 Å². The van der Waals surface area contributed by atoms with Crippen LogP contribution in [0.25, 0.3) is 0 Å². The van der Waals surface area contributed by atoms with Crippen LogP contribution in [0.5, 0.6) is 0 Å². The molecule has 138 valence electrons.